The van der Waals surface area contributed by atoms with E-state index in [-0.39, 0.29) is 11.5 Å². The number of nitrogens with one attached hydrogen (secondary N) is 2. The van der Waals surface area contributed by atoms with Crippen LogP contribution in [0.3, 0.4) is 0 Å². The van der Waals surface area contributed by atoms with Crippen LogP contribution in [0.15, 0.2) is 53.4 Å². The zero-order valence-corrected chi connectivity index (χ0v) is 19.1. The smallest absolute Gasteiger partial charge is 0.326 e. The number of carboxylic acid groups (broad SMARTS) is 1. The number of nitrogens with zero attached hydrogens (tertiary/aromatic N) is 1. The summed E-state index contributed by atoms with van der Waals surface area (Å²) in [5.41, 5.74) is -0.434. The van der Waals surface area contributed by atoms with E-state index in [1.807, 2.05) is 20.2 Å². The molecule has 4 rings (SSSR count). The van der Waals surface area contributed by atoms with Crippen molar-refractivity contribution in [3.63, 3.8) is 0 Å². The number of rotatable bonds is 10. The second-order valence-corrected chi connectivity index (χ2v) is 10.3. The van der Waals surface area contributed by atoms with Gasteiger partial charge in [-0.1, -0.05) is 30.3 Å². The summed E-state index contributed by atoms with van der Waals surface area (Å²) in [4.78, 5) is 14.5. The second kappa shape index (κ2) is 8.73. The normalized spacial score (nSPS) is 23.7. The Labute approximate surface area is 188 Å². The van der Waals surface area contributed by atoms with Gasteiger partial charge in [0.15, 0.2) is 0 Å². The number of anilines is 1. The second-order valence-electron chi connectivity index (χ2n) is 8.65. The summed E-state index contributed by atoms with van der Waals surface area (Å²) in [5.74, 6) is -1.51. The van der Waals surface area contributed by atoms with Crippen LogP contribution in [0.4, 0.5) is 5.69 Å². The van der Waals surface area contributed by atoms with Crippen molar-refractivity contribution < 1.29 is 23.1 Å². The molecule has 1 heterocycles. The van der Waals surface area contributed by atoms with Crippen molar-refractivity contribution >= 4 is 21.7 Å². The SMILES string of the molecule is CN(C)CCCCNc1ccccc1S(=O)(=O)NC1(C(=O)O)[C@@H]2COc3ccccc3[C@H]21. The van der Waals surface area contributed by atoms with E-state index < -0.39 is 33.4 Å². The largest absolute Gasteiger partial charge is 0.493 e. The van der Waals surface area contributed by atoms with E-state index in [9.17, 15) is 18.3 Å². The molecule has 3 atom stereocenters. The lowest BCUT2D eigenvalue weighted by Crippen LogP contribution is -2.46. The number of ether oxygens (including phenoxy) is 1. The third kappa shape index (κ3) is 4.07. The quantitative estimate of drug-likeness (QED) is 0.468. The average molecular weight is 460 g/mol. The van der Waals surface area contributed by atoms with Gasteiger partial charge in [-0.25, -0.2) is 8.42 Å². The van der Waals surface area contributed by atoms with Gasteiger partial charge in [-0.2, -0.15) is 4.72 Å². The molecule has 0 spiro atoms. The van der Waals surface area contributed by atoms with Gasteiger partial charge in [0, 0.05) is 23.9 Å². The monoisotopic (exact) mass is 459 g/mol. The predicted molar refractivity (Wildman–Crippen MR) is 122 cm³/mol. The number of para-hydroxylation sites is 2. The topological polar surface area (TPSA) is 108 Å². The summed E-state index contributed by atoms with van der Waals surface area (Å²) in [7, 11) is -0.0810. The molecule has 0 saturated heterocycles. The molecule has 9 heteroatoms. The van der Waals surface area contributed by atoms with Crippen molar-refractivity contribution in [1.29, 1.82) is 0 Å². The highest BCUT2D eigenvalue weighted by Crippen LogP contribution is 2.62. The van der Waals surface area contributed by atoms with E-state index >= 15 is 0 Å². The molecule has 3 N–H and O–H groups in total. The van der Waals surface area contributed by atoms with Crippen molar-refractivity contribution in [2.45, 2.75) is 29.2 Å². The van der Waals surface area contributed by atoms with E-state index in [2.05, 4.69) is 14.9 Å². The van der Waals surface area contributed by atoms with Gasteiger partial charge in [0.25, 0.3) is 0 Å². The van der Waals surface area contributed by atoms with Crippen molar-refractivity contribution in [1.82, 2.24) is 9.62 Å². The zero-order chi connectivity index (χ0) is 22.9. The highest BCUT2D eigenvalue weighted by atomic mass is 32.2. The van der Waals surface area contributed by atoms with Gasteiger partial charge in [0.1, 0.15) is 16.2 Å². The molecule has 2 aromatic rings. The molecule has 172 valence electrons. The molecule has 1 aliphatic carbocycles. The lowest BCUT2D eigenvalue weighted by atomic mass is 10.0. The lowest BCUT2D eigenvalue weighted by molar-refractivity contribution is -0.140. The van der Waals surface area contributed by atoms with Gasteiger partial charge in [-0.3, -0.25) is 4.79 Å². The van der Waals surface area contributed by atoms with E-state index in [4.69, 9.17) is 4.74 Å². The maximum absolute atomic E-state index is 13.4. The fourth-order valence-electron chi connectivity index (χ4n) is 4.57. The van der Waals surface area contributed by atoms with Crippen molar-refractivity contribution in [3.8, 4) is 5.75 Å². The third-order valence-electron chi connectivity index (χ3n) is 6.22. The molecule has 2 aromatic carbocycles. The lowest BCUT2D eigenvalue weighted by Gasteiger charge is -2.18. The minimum atomic E-state index is -4.11. The highest BCUT2D eigenvalue weighted by molar-refractivity contribution is 7.89. The first kappa shape index (κ1) is 22.6. The number of sulfonamides is 1. The standard InChI is InChI=1S/C23H29N3O5S/c1-26(2)14-8-7-13-24-18-10-4-6-12-20(18)32(29,30)25-23(22(27)28)17-15-31-19-11-5-3-9-16(19)21(17)23/h3-6,9-12,17,21,24-25H,7-8,13-15H2,1-2H3,(H,27,28)/t17-,21-,23?/m1/s1. The number of hydrogen-bond acceptors (Lipinski definition) is 6. The van der Waals surface area contributed by atoms with Gasteiger partial charge >= 0.3 is 5.97 Å². The van der Waals surface area contributed by atoms with Crippen LogP contribution >= 0.6 is 0 Å². The average Bonchev–Trinajstić information content (AvgIpc) is 3.42. The Morgan fingerprint density at radius 3 is 2.62 bits per heavy atom. The van der Waals surface area contributed by atoms with Crippen LogP contribution in [-0.4, -0.2) is 63.7 Å². The number of aliphatic carboxylic acids is 1. The van der Waals surface area contributed by atoms with Crippen LogP contribution in [-0.2, 0) is 14.8 Å². The molecule has 1 saturated carbocycles. The Morgan fingerprint density at radius 1 is 1.16 bits per heavy atom. The Bertz CT molecular complexity index is 1100. The number of fused-ring (bicyclic) bond motifs is 3. The van der Waals surface area contributed by atoms with E-state index in [0.29, 0.717) is 18.0 Å². The number of benzene rings is 2. The number of carboxylic acids is 1. The van der Waals surface area contributed by atoms with Gasteiger partial charge in [0.05, 0.1) is 12.3 Å². The molecule has 0 radical (unpaired) electrons. The van der Waals surface area contributed by atoms with Crippen LogP contribution in [0.1, 0.15) is 24.3 Å². The molecule has 1 fully saturated rings. The summed E-state index contributed by atoms with van der Waals surface area (Å²) < 4.78 is 35.0. The Morgan fingerprint density at radius 2 is 1.88 bits per heavy atom. The summed E-state index contributed by atoms with van der Waals surface area (Å²) in [6, 6.07) is 13.8. The van der Waals surface area contributed by atoms with Crippen LogP contribution < -0.4 is 14.8 Å². The first-order valence-corrected chi connectivity index (χ1v) is 12.2. The molecule has 0 bridgehead atoms. The fourth-order valence-corrected chi connectivity index (χ4v) is 6.18. The van der Waals surface area contributed by atoms with Gasteiger partial charge in [-0.05, 0) is 51.7 Å². The van der Waals surface area contributed by atoms with Crippen molar-refractivity contribution in [3.05, 3.63) is 54.1 Å². The van der Waals surface area contributed by atoms with Crippen LogP contribution in [0.25, 0.3) is 0 Å². The molecule has 1 aliphatic heterocycles. The van der Waals surface area contributed by atoms with Crippen LogP contribution in [0, 0.1) is 5.92 Å². The summed E-state index contributed by atoms with van der Waals surface area (Å²) in [6.07, 6.45) is 1.87. The van der Waals surface area contributed by atoms with Crippen molar-refractivity contribution in [2.75, 3.05) is 39.1 Å². The first-order chi connectivity index (χ1) is 15.3. The minimum absolute atomic E-state index is 0.0473. The number of unbranched alkanes of at least 4 members (excludes halogenated alkanes) is 1. The Balaban J connectivity index is 1.55. The maximum atomic E-state index is 13.4. The molecule has 32 heavy (non-hydrogen) atoms. The molecule has 0 amide bonds. The first-order valence-electron chi connectivity index (χ1n) is 10.7. The van der Waals surface area contributed by atoms with E-state index in [0.717, 1.165) is 24.9 Å². The Kier molecular flexibility index (Phi) is 6.15. The number of hydrogen-bond donors (Lipinski definition) is 3. The summed E-state index contributed by atoms with van der Waals surface area (Å²) >= 11 is 0. The molecule has 8 nitrogen and oxygen atoms in total. The van der Waals surface area contributed by atoms with E-state index in [1.54, 1.807) is 36.4 Å². The van der Waals surface area contributed by atoms with Crippen LogP contribution in [0.5, 0.6) is 5.75 Å². The molecule has 0 aromatic heterocycles. The molecular weight excluding hydrogens is 430 g/mol. The maximum Gasteiger partial charge on any atom is 0.326 e. The van der Waals surface area contributed by atoms with E-state index in [1.165, 1.54) is 6.07 Å². The Hall–Kier alpha value is -2.62. The fraction of sp³-hybridized carbons (Fsp3) is 0.435. The minimum Gasteiger partial charge on any atom is -0.493 e. The third-order valence-corrected chi connectivity index (χ3v) is 7.76. The molecular formula is C23H29N3O5S. The summed E-state index contributed by atoms with van der Waals surface area (Å²) in [5, 5.41) is 13.3. The number of carbonyl (C=O) groups is 1. The molecule has 2 aliphatic rings. The van der Waals surface area contributed by atoms with Gasteiger partial charge in [0.2, 0.25) is 10.0 Å². The zero-order valence-electron chi connectivity index (χ0n) is 18.2. The van der Waals surface area contributed by atoms with Gasteiger partial charge in [-0.15, -0.1) is 0 Å². The molecule has 1 unspecified atom stereocenters. The summed E-state index contributed by atoms with van der Waals surface area (Å²) in [6.45, 7) is 1.73. The van der Waals surface area contributed by atoms with Gasteiger partial charge < -0.3 is 20.1 Å². The highest BCUT2D eigenvalue weighted by Gasteiger charge is 2.74. The van der Waals surface area contributed by atoms with Crippen LogP contribution in [0.2, 0.25) is 0 Å². The predicted octanol–water partition coefficient (Wildman–Crippen LogP) is 2.35. The van der Waals surface area contributed by atoms with Crippen molar-refractivity contribution in [2.24, 2.45) is 5.92 Å².